The molecule has 1 fully saturated rings. The van der Waals surface area contributed by atoms with Gasteiger partial charge in [0.15, 0.2) is 0 Å². The summed E-state index contributed by atoms with van der Waals surface area (Å²) in [4.78, 5) is 17.6. The van der Waals surface area contributed by atoms with Crippen molar-refractivity contribution in [2.75, 3.05) is 13.3 Å². The van der Waals surface area contributed by atoms with Crippen molar-refractivity contribution in [3.05, 3.63) is 70.4 Å². The Balaban J connectivity index is 1.44. The van der Waals surface area contributed by atoms with E-state index in [0.29, 0.717) is 24.6 Å². The van der Waals surface area contributed by atoms with Gasteiger partial charge in [-0.15, -0.1) is 0 Å². The minimum atomic E-state index is -0.101. The molecule has 0 unspecified atom stereocenters. The quantitative estimate of drug-likeness (QED) is 0.708. The molecular formula is C21H22ClN3O2. The molecule has 1 saturated heterocycles. The van der Waals surface area contributed by atoms with Gasteiger partial charge in [-0.2, -0.15) is 0 Å². The molecule has 1 aliphatic heterocycles. The van der Waals surface area contributed by atoms with Crippen LogP contribution in [0.5, 0.6) is 0 Å². The van der Waals surface area contributed by atoms with Crippen LogP contribution in [0, 0.1) is 6.92 Å². The maximum absolute atomic E-state index is 12.6. The fourth-order valence-electron chi connectivity index (χ4n) is 3.42. The van der Waals surface area contributed by atoms with Gasteiger partial charge in [0.1, 0.15) is 6.73 Å². The van der Waals surface area contributed by atoms with E-state index in [-0.39, 0.29) is 18.8 Å². The van der Waals surface area contributed by atoms with Crippen molar-refractivity contribution in [2.45, 2.75) is 25.9 Å². The number of H-pyrrole nitrogens is 1. The van der Waals surface area contributed by atoms with E-state index in [1.54, 1.807) is 4.90 Å². The van der Waals surface area contributed by atoms with Crippen LogP contribution < -0.4 is 5.32 Å². The van der Waals surface area contributed by atoms with Crippen molar-refractivity contribution in [1.82, 2.24) is 15.2 Å². The highest BCUT2D eigenvalue weighted by molar-refractivity contribution is 6.35. The van der Waals surface area contributed by atoms with E-state index < -0.39 is 0 Å². The molecular weight excluding hydrogens is 362 g/mol. The lowest BCUT2D eigenvalue weighted by Gasteiger charge is -2.20. The van der Waals surface area contributed by atoms with E-state index in [2.05, 4.69) is 22.4 Å². The smallest absolute Gasteiger partial charge is 0.319 e. The summed E-state index contributed by atoms with van der Waals surface area (Å²) >= 11 is 6.24. The number of aromatic nitrogens is 1. The average molecular weight is 384 g/mol. The number of carbonyl (C=O) groups is 1. The summed E-state index contributed by atoms with van der Waals surface area (Å²) < 4.78 is 5.78. The zero-order chi connectivity index (χ0) is 18.8. The number of rotatable bonds is 4. The van der Waals surface area contributed by atoms with Crippen LogP contribution in [0.25, 0.3) is 10.9 Å². The maximum atomic E-state index is 12.6. The van der Waals surface area contributed by atoms with Crippen LogP contribution >= 0.6 is 11.6 Å². The Bertz CT molecular complexity index is 952. The van der Waals surface area contributed by atoms with E-state index >= 15 is 0 Å². The number of nitrogens with one attached hydrogen (secondary N) is 2. The zero-order valence-electron chi connectivity index (χ0n) is 15.2. The first-order valence-corrected chi connectivity index (χ1v) is 9.41. The SMILES string of the molecule is Cc1ccc(CN2COC[C@@H](Cc3c[nH]c4c(Cl)cccc34)NC2=O)cc1. The third-order valence-corrected chi connectivity index (χ3v) is 5.21. The van der Waals surface area contributed by atoms with Crippen molar-refractivity contribution in [1.29, 1.82) is 0 Å². The van der Waals surface area contributed by atoms with Crippen molar-refractivity contribution >= 4 is 28.5 Å². The molecule has 2 aromatic carbocycles. The molecule has 6 heteroatoms. The predicted octanol–water partition coefficient (Wildman–Crippen LogP) is 4.24. The number of hydrogen-bond acceptors (Lipinski definition) is 2. The van der Waals surface area contributed by atoms with Crippen LogP contribution in [0.1, 0.15) is 16.7 Å². The van der Waals surface area contributed by atoms with Crippen LogP contribution in [0.15, 0.2) is 48.7 Å². The second kappa shape index (κ2) is 7.62. The van der Waals surface area contributed by atoms with E-state index in [1.807, 2.05) is 43.5 Å². The van der Waals surface area contributed by atoms with Crippen molar-refractivity contribution < 1.29 is 9.53 Å². The van der Waals surface area contributed by atoms with Crippen LogP contribution in [0.2, 0.25) is 5.02 Å². The number of ether oxygens (including phenoxy) is 1. The number of para-hydroxylation sites is 1. The zero-order valence-corrected chi connectivity index (χ0v) is 15.9. The third-order valence-electron chi connectivity index (χ3n) is 4.89. The molecule has 3 aromatic rings. The average Bonchev–Trinajstić information content (AvgIpc) is 2.98. The van der Waals surface area contributed by atoms with Crippen LogP contribution in [0.4, 0.5) is 4.79 Å². The number of fused-ring (bicyclic) bond motifs is 1. The Morgan fingerprint density at radius 3 is 2.85 bits per heavy atom. The fourth-order valence-corrected chi connectivity index (χ4v) is 3.65. The summed E-state index contributed by atoms with van der Waals surface area (Å²) in [5.41, 5.74) is 4.34. The number of aryl methyl sites for hydroxylation is 1. The normalized spacial score (nSPS) is 17.8. The number of nitrogens with zero attached hydrogens (tertiary/aromatic N) is 1. The molecule has 5 nitrogen and oxygen atoms in total. The summed E-state index contributed by atoms with van der Waals surface area (Å²) in [6.07, 6.45) is 2.64. The van der Waals surface area contributed by atoms with Gasteiger partial charge in [-0.1, -0.05) is 53.6 Å². The van der Waals surface area contributed by atoms with Gasteiger partial charge in [-0.05, 0) is 30.5 Å². The highest BCUT2D eigenvalue weighted by Crippen LogP contribution is 2.26. The van der Waals surface area contributed by atoms with Gasteiger partial charge in [0, 0.05) is 18.1 Å². The molecule has 0 bridgehead atoms. The summed E-state index contributed by atoms with van der Waals surface area (Å²) in [7, 11) is 0. The number of urea groups is 1. The Hall–Kier alpha value is -2.50. The molecule has 0 saturated carbocycles. The van der Waals surface area contributed by atoms with Gasteiger partial charge in [0.2, 0.25) is 0 Å². The minimum absolute atomic E-state index is 0.0847. The summed E-state index contributed by atoms with van der Waals surface area (Å²) in [5, 5.41) is 4.87. The van der Waals surface area contributed by atoms with Gasteiger partial charge >= 0.3 is 6.03 Å². The molecule has 140 valence electrons. The molecule has 2 heterocycles. The Morgan fingerprint density at radius 1 is 1.22 bits per heavy atom. The molecule has 0 radical (unpaired) electrons. The van der Waals surface area contributed by atoms with Crippen molar-refractivity contribution in [3.63, 3.8) is 0 Å². The van der Waals surface area contributed by atoms with Gasteiger partial charge in [0.25, 0.3) is 0 Å². The van der Waals surface area contributed by atoms with Crippen molar-refractivity contribution in [3.8, 4) is 0 Å². The highest BCUT2D eigenvalue weighted by atomic mass is 35.5. The lowest BCUT2D eigenvalue weighted by molar-refractivity contribution is 0.0561. The largest absolute Gasteiger partial charge is 0.360 e. The van der Waals surface area contributed by atoms with Gasteiger partial charge in [0.05, 0.1) is 23.2 Å². The Morgan fingerprint density at radius 2 is 2.04 bits per heavy atom. The lowest BCUT2D eigenvalue weighted by Crippen LogP contribution is -2.43. The first-order chi connectivity index (χ1) is 13.1. The predicted molar refractivity (Wildman–Crippen MR) is 107 cm³/mol. The number of hydrogen-bond donors (Lipinski definition) is 2. The van der Waals surface area contributed by atoms with Gasteiger partial charge < -0.3 is 15.0 Å². The Labute approximate surface area is 163 Å². The van der Waals surface area contributed by atoms with Gasteiger partial charge in [-0.25, -0.2) is 4.79 Å². The van der Waals surface area contributed by atoms with Crippen molar-refractivity contribution in [2.24, 2.45) is 0 Å². The molecule has 0 aliphatic carbocycles. The molecule has 2 amide bonds. The third kappa shape index (κ3) is 3.94. The Kier molecular flexibility index (Phi) is 5.05. The molecule has 1 aliphatic rings. The topological polar surface area (TPSA) is 57.4 Å². The van der Waals surface area contributed by atoms with E-state index in [0.717, 1.165) is 22.0 Å². The number of amides is 2. The first-order valence-electron chi connectivity index (χ1n) is 9.03. The summed E-state index contributed by atoms with van der Waals surface area (Å²) in [6, 6.07) is 13.8. The number of aromatic amines is 1. The molecule has 27 heavy (non-hydrogen) atoms. The monoisotopic (exact) mass is 383 g/mol. The van der Waals surface area contributed by atoms with Crippen LogP contribution in [0.3, 0.4) is 0 Å². The van der Waals surface area contributed by atoms with E-state index in [4.69, 9.17) is 16.3 Å². The maximum Gasteiger partial charge on any atom is 0.319 e. The second-order valence-electron chi connectivity index (χ2n) is 7.01. The summed E-state index contributed by atoms with van der Waals surface area (Å²) in [6.45, 7) is 3.34. The minimum Gasteiger partial charge on any atom is -0.360 e. The van der Waals surface area contributed by atoms with E-state index in [9.17, 15) is 4.79 Å². The number of benzene rings is 2. The second-order valence-corrected chi connectivity index (χ2v) is 7.42. The fraction of sp³-hybridized carbons (Fsp3) is 0.286. The molecule has 0 spiro atoms. The lowest BCUT2D eigenvalue weighted by atomic mass is 10.1. The molecule has 1 atom stereocenters. The standard InChI is InChI=1S/C21H22ClN3O2/c1-14-5-7-15(8-6-14)11-25-13-27-12-17(24-21(25)26)9-16-10-23-20-18(16)3-2-4-19(20)22/h2-8,10,17,23H,9,11-13H2,1H3,(H,24,26)/t17-/m1/s1. The number of halogens is 1. The highest BCUT2D eigenvalue weighted by Gasteiger charge is 2.24. The van der Waals surface area contributed by atoms with Crippen LogP contribution in [-0.4, -0.2) is 35.3 Å². The first kappa shape index (κ1) is 17.9. The molecule has 2 N–H and O–H groups in total. The summed E-state index contributed by atoms with van der Waals surface area (Å²) in [5.74, 6) is 0. The van der Waals surface area contributed by atoms with E-state index in [1.165, 1.54) is 5.56 Å². The van der Waals surface area contributed by atoms with Gasteiger partial charge in [-0.3, -0.25) is 4.90 Å². The van der Waals surface area contributed by atoms with Crippen LogP contribution in [-0.2, 0) is 17.7 Å². The number of carbonyl (C=O) groups excluding carboxylic acids is 1. The molecule has 4 rings (SSSR count). The molecule has 1 aromatic heterocycles.